The van der Waals surface area contributed by atoms with Gasteiger partial charge in [-0.1, -0.05) is 23.7 Å². The van der Waals surface area contributed by atoms with Crippen LogP contribution >= 0.6 is 22.9 Å². The highest BCUT2D eigenvalue weighted by Crippen LogP contribution is 2.26. The maximum atomic E-state index is 12.2. The van der Waals surface area contributed by atoms with Crippen molar-refractivity contribution < 1.29 is 18.3 Å². The molecule has 3 aromatic rings. The number of rotatable bonds is 9. The lowest BCUT2D eigenvalue weighted by molar-refractivity contribution is 0.0461. The average molecular weight is 525 g/mol. The number of aliphatic hydroxyl groups is 1. The first kappa shape index (κ1) is 25.3. The van der Waals surface area contributed by atoms with E-state index in [2.05, 4.69) is 14.8 Å². The third kappa shape index (κ3) is 6.66. The molecule has 0 saturated carbocycles. The van der Waals surface area contributed by atoms with Crippen LogP contribution in [0.4, 0.5) is 0 Å². The number of benzene rings is 2. The molecule has 184 valence electrons. The molecule has 0 bridgehead atoms. The number of nitrogens with two attached hydrogens (primary N) is 1. The Morgan fingerprint density at radius 2 is 1.76 bits per heavy atom. The summed E-state index contributed by atoms with van der Waals surface area (Å²) >= 11 is 7.57. The topological polar surface area (TPSA) is 109 Å². The van der Waals surface area contributed by atoms with Gasteiger partial charge in [0.2, 0.25) is 10.0 Å². The van der Waals surface area contributed by atoms with Crippen molar-refractivity contribution in [2.75, 3.05) is 45.9 Å². The van der Waals surface area contributed by atoms with Gasteiger partial charge in [0.25, 0.3) is 0 Å². The third-order valence-corrected chi connectivity index (χ3v) is 8.32. The smallest absolute Gasteiger partial charge is 0.217 e. The molecule has 1 unspecified atom stereocenters. The zero-order valence-corrected chi connectivity index (χ0v) is 21.3. The molecule has 1 saturated heterocycles. The Labute approximate surface area is 209 Å². The molecule has 1 aliphatic rings. The van der Waals surface area contributed by atoms with E-state index in [9.17, 15) is 13.5 Å². The first-order chi connectivity index (χ1) is 16.2. The van der Waals surface area contributed by atoms with Crippen LogP contribution in [0.1, 0.15) is 15.8 Å². The van der Waals surface area contributed by atoms with Crippen molar-refractivity contribution in [3.63, 3.8) is 0 Å². The van der Waals surface area contributed by atoms with Crippen LogP contribution in [-0.2, 0) is 10.0 Å². The molecule has 0 amide bonds. The van der Waals surface area contributed by atoms with E-state index < -0.39 is 21.4 Å². The van der Waals surface area contributed by atoms with Crippen LogP contribution in [0.3, 0.4) is 0 Å². The van der Waals surface area contributed by atoms with E-state index in [1.54, 1.807) is 35.6 Å². The number of aryl methyl sites for hydroxylation is 1. The zero-order valence-electron chi connectivity index (χ0n) is 18.9. The maximum Gasteiger partial charge on any atom is 0.217 e. The number of thiazole rings is 1. The van der Waals surface area contributed by atoms with Gasteiger partial charge in [0, 0.05) is 50.4 Å². The van der Waals surface area contributed by atoms with Crippen LogP contribution < -0.4 is 9.88 Å². The van der Waals surface area contributed by atoms with Crippen LogP contribution in [0.15, 0.2) is 42.5 Å². The summed E-state index contributed by atoms with van der Waals surface area (Å²) in [6.07, 6.45) is -0.634. The third-order valence-electron chi connectivity index (χ3n) is 5.90. The lowest BCUT2D eigenvalue weighted by Gasteiger charge is -2.36. The number of nitrogens with zero attached hydrogens (tertiary/aromatic N) is 3. The van der Waals surface area contributed by atoms with Gasteiger partial charge in [-0.25, -0.2) is 18.5 Å². The quantitative estimate of drug-likeness (QED) is 0.443. The van der Waals surface area contributed by atoms with Crippen molar-refractivity contribution in [2.45, 2.75) is 18.3 Å². The summed E-state index contributed by atoms with van der Waals surface area (Å²) in [5.41, 5.74) is 1.54. The summed E-state index contributed by atoms with van der Waals surface area (Å²) < 4.78 is 31.3. The van der Waals surface area contributed by atoms with Crippen LogP contribution in [0.5, 0.6) is 5.75 Å². The number of sulfonamides is 1. The van der Waals surface area contributed by atoms with E-state index in [1.165, 1.54) is 0 Å². The van der Waals surface area contributed by atoms with Crippen molar-refractivity contribution in [2.24, 2.45) is 5.14 Å². The number of primary sulfonamides is 1. The molecule has 0 spiro atoms. The number of aliphatic hydroxyl groups excluding tert-OH is 1. The molecule has 1 fully saturated rings. The van der Waals surface area contributed by atoms with Gasteiger partial charge < -0.3 is 9.84 Å². The van der Waals surface area contributed by atoms with Gasteiger partial charge in [0.15, 0.2) is 0 Å². The highest BCUT2D eigenvalue weighted by Gasteiger charge is 2.28. The van der Waals surface area contributed by atoms with E-state index in [0.717, 1.165) is 28.3 Å². The van der Waals surface area contributed by atoms with Gasteiger partial charge in [-0.3, -0.25) is 9.80 Å². The summed E-state index contributed by atoms with van der Waals surface area (Å²) in [5.74, 6) is 0.693. The molecular formula is C23H29ClN4O4S2. The summed E-state index contributed by atoms with van der Waals surface area (Å²) in [4.78, 5) is 8.72. The molecule has 1 aromatic heterocycles. The monoisotopic (exact) mass is 524 g/mol. The minimum Gasteiger partial charge on any atom is -0.491 e. The molecule has 4 rings (SSSR count). The van der Waals surface area contributed by atoms with Gasteiger partial charge in [-0.05, 0) is 36.8 Å². The number of aromatic nitrogens is 1. The normalized spacial score (nSPS) is 17.6. The summed E-state index contributed by atoms with van der Waals surface area (Å²) in [6, 6.07) is 12.5. The zero-order chi connectivity index (χ0) is 24.3. The fourth-order valence-electron chi connectivity index (χ4n) is 4.12. The van der Waals surface area contributed by atoms with Gasteiger partial charge in [-0.2, -0.15) is 0 Å². The molecule has 8 nitrogen and oxygen atoms in total. The van der Waals surface area contributed by atoms with Crippen molar-refractivity contribution in [3.8, 4) is 5.75 Å². The van der Waals surface area contributed by atoms with Crippen LogP contribution in [0.25, 0.3) is 10.2 Å². The lowest BCUT2D eigenvalue weighted by atomic mass is 10.1. The first-order valence-electron chi connectivity index (χ1n) is 11.1. The fourth-order valence-corrected chi connectivity index (χ4v) is 6.01. The molecule has 11 heteroatoms. The molecule has 1 aliphatic heterocycles. The van der Waals surface area contributed by atoms with Gasteiger partial charge in [-0.15, -0.1) is 11.3 Å². The second-order valence-electron chi connectivity index (χ2n) is 8.56. The minimum absolute atomic E-state index is 0.193. The number of β-amino-alcohol motifs (C(OH)–C–C–N with tert-alkyl or cyclic N) is 1. The Kier molecular flexibility index (Phi) is 8.08. The standard InChI is InChI=1S/C23H29ClN4O4S2/c1-16-26-21-12-20(6-7-22(21)33-16)32-15-19(29)13-27-8-10-28(11-9-27)14-23(34(25,30)31)17-2-4-18(24)5-3-17/h2-7,12,19,23,29H,8-11,13-15H2,1H3,(H2,25,30,31)/t19-,23?/m1/s1. The number of fused-ring (bicyclic) bond motifs is 1. The maximum absolute atomic E-state index is 12.2. The predicted octanol–water partition coefficient (Wildman–Crippen LogP) is 2.65. The molecule has 2 atom stereocenters. The SMILES string of the molecule is Cc1nc2cc(OC[C@H](O)CN3CCN(CC(c4ccc(Cl)cc4)S(N)(=O)=O)CC3)ccc2s1. The lowest BCUT2D eigenvalue weighted by Crippen LogP contribution is -2.50. The molecule has 0 aliphatic carbocycles. The van der Waals surface area contributed by atoms with Crippen molar-refractivity contribution >= 4 is 43.2 Å². The Morgan fingerprint density at radius 3 is 2.41 bits per heavy atom. The van der Waals surface area contributed by atoms with Crippen LogP contribution in [0.2, 0.25) is 5.02 Å². The second-order valence-corrected chi connectivity index (χ2v) is 12.0. The van der Waals surface area contributed by atoms with Gasteiger partial charge >= 0.3 is 0 Å². The summed E-state index contributed by atoms with van der Waals surface area (Å²) in [6.45, 7) is 5.79. The Balaban J connectivity index is 1.25. The van der Waals surface area contributed by atoms with Crippen molar-refractivity contribution in [1.82, 2.24) is 14.8 Å². The van der Waals surface area contributed by atoms with E-state index in [0.29, 0.717) is 42.5 Å². The molecule has 34 heavy (non-hydrogen) atoms. The molecule has 2 heterocycles. The average Bonchev–Trinajstić information content (AvgIpc) is 3.16. The van der Waals surface area contributed by atoms with E-state index >= 15 is 0 Å². The molecular weight excluding hydrogens is 496 g/mol. The van der Waals surface area contributed by atoms with Crippen LogP contribution in [-0.4, -0.2) is 80.3 Å². The highest BCUT2D eigenvalue weighted by molar-refractivity contribution is 7.89. The second kappa shape index (κ2) is 10.9. The first-order valence-corrected chi connectivity index (χ1v) is 13.9. The molecule has 0 radical (unpaired) electrons. The number of halogens is 1. The fraction of sp³-hybridized carbons (Fsp3) is 0.435. The highest BCUT2D eigenvalue weighted by atomic mass is 35.5. The van der Waals surface area contributed by atoms with Crippen molar-refractivity contribution in [1.29, 1.82) is 0 Å². The Morgan fingerprint density at radius 1 is 1.12 bits per heavy atom. The number of hydrogen-bond donors (Lipinski definition) is 2. The molecule has 2 aromatic carbocycles. The number of ether oxygens (including phenoxy) is 1. The summed E-state index contributed by atoms with van der Waals surface area (Å²) in [5, 5.41) is 16.7. The largest absolute Gasteiger partial charge is 0.491 e. The summed E-state index contributed by atoms with van der Waals surface area (Å²) in [7, 11) is -3.77. The van der Waals surface area contributed by atoms with E-state index in [1.807, 2.05) is 25.1 Å². The van der Waals surface area contributed by atoms with Crippen LogP contribution in [0, 0.1) is 6.92 Å². The molecule has 3 N–H and O–H groups in total. The number of piperazine rings is 1. The Bertz CT molecular complexity index is 1210. The van der Waals surface area contributed by atoms with E-state index in [-0.39, 0.29) is 6.61 Å². The predicted molar refractivity (Wildman–Crippen MR) is 136 cm³/mol. The number of hydrogen-bond acceptors (Lipinski definition) is 8. The minimum atomic E-state index is -3.77. The van der Waals surface area contributed by atoms with Gasteiger partial charge in [0.05, 0.1) is 15.2 Å². The van der Waals surface area contributed by atoms with E-state index in [4.69, 9.17) is 21.5 Å². The van der Waals surface area contributed by atoms with Gasteiger partial charge in [0.1, 0.15) is 23.7 Å². The van der Waals surface area contributed by atoms with Crippen molar-refractivity contribution in [3.05, 3.63) is 58.1 Å². The Hall–Kier alpha value is -1.79.